The van der Waals surface area contributed by atoms with Crippen molar-refractivity contribution in [1.82, 2.24) is 15.1 Å². The highest BCUT2D eigenvalue weighted by atomic mass is 16.2. The number of likely N-dealkylation sites (tertiary alicyclic amines) is 2. The Morgan fingerprint density at radius 1 is 1.08 bits per heavy atom. The summed E-state index contributed by atoms with van der Waals surface area (Å²) in [5.74, 6) is -0.0275. The number of hydrogen-bond donors (Lipinski definition) is 1. The number of hydrogen-bond acceptors (Lipinski definition) is 3. The first-order chi connectivity index (χ1) is 12.2. The summed E-state index contributed by atoms with van der Waals surface area (Å²) in [6, 6.07) is 10.5. The van der Waals surface area contributed by atoms with Crippen LogP contribution in [0.1, 0.15) is 31.2 Å². The quantitative estimate of drug-likeness (QED) is 0.860. The zero-order chi connectivity index (χ0) is 17.5. The SMILES string of the molecule is O=C(CN1CCC[C@@H]1/C=C/c1ccccc1)NCC(=O)N1CCCC1. The van der Waals surface area contributed by atoms with E-state index >= 15 is 0 Å². The Hall–Kier alpha value is -2.14. The van der Waals surface area contributed by atoms with Crippen LogP contribution in [-0.4, -0.2) is 60.4 Å². The van der Waals surface area contributed by atoms with Crippen LogP contribution in [0.4, 0.5) is 0 Å². The van der Waals surface area contributed by atoms with Crippen LogP contribution in [0.3, 0.4) is 0 Å². The molecule has 0 unspecified atom stereocenters. The first-order valence-electron chi connectivity index (χ1n) is 9.24. The van der Waals surface area contributed by atoms with Crippen LogP contribution in [0.5, 0.6) is 0 Å². The van der Waals surface area contributed by atoms with Crippen molar-refractivity contribution >= 4 is 17.9 Å². The second-order valence-electron chi connectivity index (χ2n) is 6.81. The fraction of sp³-hybridized carbons (Fsp3) is 0.500. The van der Waals surface area contributed by atoms with Crippen LogP contribution in [-0.2, 0) is 9.59 Å². The highest BCUT2D eigenvalue weighted by molar-refractivity contribution is 5.85. The Morgan fingerprint density at radius 3 is 2.60 bits per heavy atom. The van der Waals surface area contributed by atoms with E-state index in [4.69, 9.17) is 0 Å². The second-order valence-corrected chi connectivity index (χ2v) is 6.81. The average Bonchev–Trinajstić information content (AvgIpc) is 3.31. The van der Waals surface area contributed by atoms with Crippen molar-refractivity contribution < 1.29 is 9.59 Å². The van der Waals surface area contributed by atoms with Gasteiger partial charge in [-0.3, -0.25) is 14.5 Å². The monoisotopic (exact) mass is 341 g/mol. The molecule has 5 nitrogen and oxygen atoms in total. The van der Waals surface area contributed by atoms with E-state index in [-0.39, 0.29) is 18.4 Å². The summed E-state index contributed by atoms with van der Waals surface area (Å²) in [6.45, 7) is 3.06. The van der Waals surface area contributed by atoms with Crippen molar-refractivity contribution in [1.29, 1.82) is 0 Å². The topological polar surface area (TPSA) is 52.7 Å². The summed E-state index contributed by atoms with van der Waals surface area (Å²) in [5, 5.41) is 2.78. The van der Waals surface area contributed by atoms with Gasteiger partial charge in [-0.05, 0) is 37.8 Å². The van der Waals surface area contributed by atoms with Gasteiger partial charge in [-0.15, -0.1) is 0 Å². The molecule has 0 bridgehead atoms. The van der Waals surface area contributed by atoms with E-state index in [1.54, 1.807) is 0 Å². The van der Waals surface area contributed by atoms with Gasteiger partial charge in [-0.1, -0.05) is 42.5 Å². The molecule has 0 spiro atoms. The number of rotatable bonds is 6. The Morgan fingerprint density at radius 2 is 1.84 bits per heavy atom. The molecule has 1 atom stereocenters. The van der Waals surface area contributed by atoms with Crippen LogP contribution >= 0.6 is 0 Å². The molecule has 0 saturated carbocycles. The average molecular weight is 341 g/mol. The van der Waals surface area contributed by atoms with E-state index in [9.17, 15) is 9.59 Å². The van der Waals surface area contributed by atoms with Crippen LogP contribution in [0.2, 0.25) is 0 Å². The molecule has 2 fully saturated rings. The molecule has 0 aromatic heterocycles. The molecule has 0 aliphatic carbocycles. The van der Waals surface area contributed by atoms with Gasteiger partial charge in [-0.2, -0.15) is 0 Å². The molecular weight excluding hydrogens is 314 g/mol. The maximum absolute atomic E-state index is 12.2. The van der Waals surface area contributed by atoms with Crippen molar-refractivity contribution in [2.24, 2.45) is 0 Å². The molecule has 2 saturated heterocycles. The molecule has 1 aromatic rings. The third-order valence-electron chi connectivity index (χ3n) is 4.97. The first kappa shape index (κ1) is 17.7. The van der Waals surface area contributed by atoms with Crippen molar-refractivity contribution in [3.63, 3.8) is 0 Å². The van der Waals surface area contributed by atoms with E-state index in [0.29, 0.717) is 12.6 Å². The smallest absolute Gasteiger partial charge is 0.241 e. The predicted octanol–water partition coefficient (Wildman–Crippen LogP) is 1.90. The third-order valence-corrected chi connectivity index (χ3v) is 4.97. The molecule has 2 aliphatic rings. The Bertz CT molecular complexity index is 609. The minimum Gasteiger partial charge on any atom is -0.346 e. The highest BCUT2D eigenvalue weighted by Crippen LogP contribution is 2.19. The molecule has 3 rings (SSSR count). The van der Waals surface area contributed by atoms with E-state index < -0.39 is 0 Å². The number of carbonyl (C=O) groups excluding carboxylic acids is 2. The number of amides is 2. The minimum absolute atomic E-state index is 0.0350. The third kappa shape index (κ3) is 5.16. The van der Waals surface area contributed by atoms with Gasteiger partial charge in [0.05, 0.1) is 13.1 Å². The summed E-state index contributed by atoms with van der Waals surface area (Å²) in [7, 11) is 0. The lowest BCUT2D eigenvalue weighted by Crippen LogP contribution is -2.43. The summed E-state index contributed by atoms with van der Waals surface area (Å²) < 4.78 is 0. The van der Waals surface area contributed by atoms with Crippen LogP contribution in [0, 0.1) is 0 Å². The van der Waals surface area contributed by atoms with E-state index in [2.05, 4.69) is 34.5 Å². The van der Waals surface area contributed by atoms with Crippen molar-refractivity contribution in [3.05, 3.63) is 42.0 Å². The van der Waals surface area contributed by atoms with Crippen molar-refractivity contribution in [2.45, 2.75) is 31.7 Å². The highest BCUT2D eigenvalue weighted by Gasteiger charge is 2.24. The molecular formula is C20H27N3O2. The summed E-state index contributed by atoms with van der Waals surface area (Å²) in [6.07, 6.45) is 8.63. The van der Waals surface area contributed by atoms with Gasteiger partial charge < -0.3 is 10.2 Å². The van der Waals surface area contributed by atoms with Gasteiger partial charge in [0, 0.05) is 19.1 Å². The molecule has 1 N–H and O–H groups in total. The van der Waals surface area contributed by atoms with Crippen molar-refractivity contribution in [2.75, 3.05) is 32.7 Å². The Kier molecular flexibility index (Phi) is 6.23. The normalized spacial score (nSPS) is 21.1. The molecule has 2 amide bonds. The van der Waals surface area contributed by atoms with Gasteiger partial charge in [0.2, 0.25) is 11.8 Å². The van der Waals surface area contributed by atoms with Gasteiger partial charge >= 0.3 is 0 Å². The van der Waals surface area contributed by atoms with E-state index in [1.807, 2.05) is 23.1 Å². The number of benzene rings is 1. The van der Waals surface area contributed by atoms with Gasteiger partial charge in [0.25, 0.3) is 0 Å². The van der Waals surface area contributed by atoms with Crippen LogP contribution in [0.25, 0.3) is 6.08 Å². The maximum atomic E-state index is 12.2. The van der Waals surface area contributed by atoms with Gasteiger partial charge in [0.1, 0.15) is 0 Å². The fourth-order valence-electron chi connectivity index (χ4n) is 3.55. The fourth-order valence-corrected chi connectivity index (χ4v) is 3.55. The second kappa shape index (κ2) is 8.81. The standard InChI is InChI=1S/C20H27N3O2/c24-19(21-15-20(25)22-12-4-5-13-22)16-23-14-6-9-18(23)11-10-17-7-2-1-3-8-17/h1-3,7-8,10-11,18H,4-6,9,12-16H2,(H,21,24)/b11-10+/t18-/m1/s1. The van der Waals surface area contributed by atoms with Crippen LogP contribution < -0.4 is 5.32 Å². The lowest BCUT2D eigenvalue weighted by molar-refractivity contribution is -0.132. The number of carbonyl (C=O) groups is 2. The van der Waals surface area contributed by atoms with Gasteiger partial charge in [0.15, 0.2) is 0 Å². The van der Waals surface area contributed by atoms with E-state index in [0.717, 1.165) is 45.3 Å². The van der Waals surface area contributed by atoms with Crippen molar-refractivity contribution in [3.8, 4) is 0 Å². The molecule has 2 heterocycles. The summed E-state index contributed by atoms with van der Waals surface area (Å²) >= 11 is 0. The summed E-state index contributed by atoms with van der Waals surface area (Å²) in [4.78, 5) is 28.2. The van der Waals surface area contributed by atoms with Crippen LogP contribution in [0.15, 0.2) is 36.4 Å². The minimum atomic E-state index is -0.0624. The lowest BCUT2D eigenvalue weighted by Gasteiger charge is -2.21. The Balaban J connectivity index is 1.45. The van der Waals surface area contributed by atoms with E-state index in [1.165, 1.54) is 5.56 Å². The largest absolute Gasteiger partial charge is 0.346 e. The molecule has 5 heteroatoms. The molecule has 2 aliphatic heterocycles. The van der Waals surface area contributed by atoms with Gasteiger partial charge in [-0.25, -0.2) is 0 Å². The predicted molar refractivity (Wildman–Crippen MR) is 98.9 cm³/mol. The zero-order valence-electron chi connectivity index (χ0n) is 14.7. The lowest BCUT2D eigenvalue weighted by atomic mass is 10.1. The first-order valence-corrected chi connectivity index (χ1v) is 9.24. The summed E-state index contributed by atoms with van der Waals surface area (Å²) in [5.41, 5.74) is 1.18. The zero-order valence-corrected chi connectivity index (χ0v) is 14.7. The number of nitrogens with zero attached hydrogens (tertiary/aromatic N) is 2. The molecule has 0 radical (unpaired) electrons. The molecule has 25 heavy (non-hydrogen) atoms. The Labute approximate surface area is 149 Å². The molecule has 1 aromatic carbocycles. The maximum Gasteiger partial charge on any atom is 0.241 e. The number of nitrogens with one attached hydrogen (secondary N) is 1. The molecule has 134 valence electrons.